The number of amides is 2. The third-order valence-corrected chi connectivity index (χ3v) is 3.89. The van der Waals surface area contributed by atoms with E-state index < -0.39 is 54.7 Å². The fourth-order valence-electron chi connectivity index (χ4n) is 2.58. The molecule has 0 aliphatic heterocycles. The van der Waals surface area contributed by atoms with Gasteiger partial charge in [0.15, 0.2) is 0 Å². The van der Waals surface area contributed by atoms with Crippen molar-refractivity contribution in [1.29, 1.82) is 0 Å². The molecule has 2 N–H and O–H groups in total. The molecule has 174 valence electrons. The molecule has 0 heterocycles. The van der Waals surface area contributed by atoms with Gasteiger partial charge in [-0.1, -0.05) is 30.3 Å². The SMILES string of the molecule is CCOC(=O)C(CCC(F)(F)F)NC(=O)C(Cc1ccccc1)NC(=O)OC(C)(C)C. The number of hydrogen-bond donors (Lipinski definition) is 2. The molecule has 0 saturated carbocycles. The molecule has 0 radical (unpaired) electrons. The highest BCUT2D eigenvalue weighted by Gasteiger charge is 2.33. The highest BCUT2D eigenvalue weighted by molar-refractivity contribution is 5.89. The Hall–Kier alpha value is -2.78. The molecule has 0 aromatic heterocycles. The van der Waals surface area contributed by atoms with Crippen LogP contribution in [-0.4, -0.2) is 48.4 Å². The summed E-state index contributed by atoms with van der Waals surface area (Å²) in [6, 6.07) is 6.01. The van der Waals surface area contributed by atoms with E-state index >= 15 is 0 Å². The molecule has 2 amide bonds. The van der Waals surface area contributed by atoms with E-state index in [-0.39, 0.29) is 13.0 Å². The predicted octanol–water partition coefficient (Wildman–Crippen LogP) is 3.51. The number of ether oxygens (including phenoxy) is 2. The number of carbonyl (C=O) groups is 3. The summed E-state index contributed by atoms with van der Waals surface area (Å²) in [7, 11) is 0. The van der Waals surface area contributed by atoms with Crippen molar-refractivity contribution in [3.63, 3.8) is 0 Å². The molecule has 2 unspecified atom stereocenters. The van der Waals surface area contributed by atoms with E-state index in [2.05, 4.69) is 10.6 Å². The largest absolute Gasteiger partial charge is 0.464 e. The second-order valence-electron chi connectivity index (χ2n) is 7.86. The quantitative estimate of drug-likeness (QED) is 0.566. The number of nitrogens with one attached hydrogen (secondary N) is 2. The van der Waals surface area contributed by atoms with Crippen LogP contribution in [0.2, 0.25) is 0 Å². The van der Waals surface area contributed by atoms with Crippen LogP contribution in [0.1, 0.15) is 46.1 Å². The first kappa shape index (κ1) is 26.3. The molecule has 0 saturated heterocycles. The Balaban J connectivity index is 2.99. The Morgan fingerprint density at radius 2 is 1.61 bits per heavy atom. The molecular formula is C21H29F3N2O5. The van der Waals surface area contributed by atoms with Gasteiger partial charge in [0.25, 0.3) is 0 Å². The number of benzene rings is 1. The molecule has 0 spiro atoms. The minimum absolute atomic E-state index is 0.0424. The topological polar surface area (TPSA) is 93.7 Å². The zero-order valence-electron chi connectivity index (χ0n) is 18.0. The molecule has 0 aliphatic rings. The van der Waals surface area contributed by atoms with Crippen molar-refractivity contribution in [1.82, 2.24) is 10.6 Å². The van der Waals surface area contributed by atoms with Gasteiger partial charge >= 0.3 is 18.2 Å². The maximum atomic E-state index is 12.8. The lowest BCUT2D eigenvalue weighted by Crippen LogP contribution is -2.53. The van der Waals surface area contributed by atoms with Gasteiger partial charge in [-0.2, -0.15) is 13.2 Å². The second-order valence-corrected chi connectivity index (χ2v) is 7.86. The van der Waals surface area contributed by atoms with Crippen molar-refractivity contribution in [3.05, 3.63) is 35.9 Å². The zero-order valence-corrected chi connectivity index (χ0v) is 18.0. The molecule has 10 heteroatoms. The molecular weight excluding hydrogens is 417 g/mol. The summed E-state index contributed by atoms with van der Waals surface area (Å²) in [5.74, 6) is -1.80. The first-order chi connectivity index (χ1) is 14.3. The summed E-state index contributed by atoms with van der Waals surface area (Å²) in [6.07, 6.45) is -7.29. The van der Waals surface area contributed by atoms with Crippen LogP contribution in [0.5, 0.6) is 0 Å². The third kappa shape index (κ3) is 11.3. The van der Waals surface area contributed by atoms with Crippen LogP contribution < -0.4 is 10.6 Å². The van der Waals surface area contributed by atoms with Crippen molar-refractivity contribution < 1.29 is 37.0 Å². The fraction of sp³-hybridized carbons (Fsp3) is 0.571. The summed E-state index contributed by atoms with van der Waals surface area (Å²) in [6.45, 7) is 6.38. The zero-order chi connectivity index (χ0) is 23.7. The van der Waals surface area contributed by atoms with Gasteiger partial charge in [-0.3, -0.25) is 4.79 Å². The van der Waals surface area contributed by atoms with Crippen molar-refractivity contribution in [2.24, 2.45) is 0 Å². The summed E-state index contributed by atoms with van der Waals surface area (Å²) < 4.78 is 47.9. The molecule has 2 atom stereocenters. The predicted molar refractivity (Wildman–Crippen MR) is 107 cm³/mol. The monoisotopic (exact) mass is 446 g/mol. The van der Waals surface area contributed by atoms with Crippen LogP contribution in [0.4, 0.5) is 18.0 Å². The average molecular weight is 446 g/mol. The third-order valence-electron chi connectivity index (χ3n) is 3.89. The fourth-order valence-corrected chi connectivity index (χ4v) is 2.58. The minimum Gasteiger partial charge on any atom is -0.464 e. The van der Waals surface area contributed by atoms with E-state index in [1.165, 1.54) is 6.92 Å². The Morgan fingerprint density at radius 3 is 2.13 bits per heavy atom. The number of halogens is 3. The highest BCUT2D eigenvalue weighted by atomic mass is 19.4. The lowest BCUT2D eigenvalue weighted by atomic mass is 10.0. The van der Waals surface area contributed by atoms with Crippen LogP contribution in [0, 0.1) is 0 Å². The van der Waals surface area contributed by atoms with E-state index in [1.807, 2.05) is 0 Å². The number of esters is 1. The summed E-state index contributed by atoms with van der Waals surface area (Å²) in [4.78, 5) is 37.1. The maximum absolute atomic E-state index is 12.8. The Bertz CT molecular complexity index is 733. The van der Waals surface area contributed by atoms with Crippen LogP contribution >= 0.6 is 0 Å². The Labute approximate surface area is 179 Å². The van der Waals surface area contributed by atoms with Crippen LogP contribution in [0.25, 0.3) is 0 Å². The number of rotatable bonds is 9. The maximum Gasteiger partial charge on any atom is 0.408 e. The van der Waals surface area contributed by atoms with E-state index in [0.29, 0.717) is 5.56 Å². The summed E-state index contributed by atoms with van der Waals surface area (Å²) in [5, 5.41) is 4.70. The van der Waals surface area contributed by atoms with Gasteiger partial charge in [-0.15, -0.1) is 0 Å². The van der Waals surface area contributed by atoms with Crippen LogP contribution in [-0.2, 0) is 25.5 Å². The minimum atomic E-state index is -4.51. The first-order valence-electron chi connectivity index (χ1n) is 9.88. The molecule has 0 aliphatic carbocycles. The molecule has 0 bridgehead atoms. The lowest BCUT2D eigenvalue weighted by Gasteiger charge is -2.25. The molecule has 1 aromatic carbocycles. The Kier molecular flexibility index (Phi) is 9.80. The van der Waals surface area contributed by atoms with Crippen molar-refractivity contribution >= 4 is 18.0 Å². The smallest absolute Gasteiger partial charge is 0.408 e. The van der Waals surface area contributed by atoms with E-state index in [9.17, 15) is 27.6 Å². The van der Waals surface area contributed by atoms with Gasteiger partial charge in [0, 0.05) is 12.8 Å². The van der Waals surface area contributed by atoms with Gasteiger partial charge in [-0.25, -0.2) is 9.59 Å². The number of alkyl halides is 3. The molecule has 1 rings (SSSR count). The molecule has 1 aromatic rings. The number of hydrogen-bond acceptors (Lipinski definition) is 5. The molecule has 7 nitrogen and oxygen atoms in total. The van der Waals surface area contributed by atoms with Crippen LogP contribution in [0.3, 0.4) is 0 Å². The van der Waals surface area contributed by atoms with Crippen molar-refractivity contribution in [3.8, 4) is 0 Å². The molecule has 31 heavy (non-hydrogen) atoms. The van der Waals surface area contributed by atoms with Crippen molar-refractivity contribution in [2.45, 2.75) is 70.8 Å². The van der Waals surface area contributed by atoms with E-state index in [1.54, 1.807) is 51.1 Å². The van der Waals surface area contributed by atoms with Gasteiger partial charge in [0.1, 0.15) is 17.7 Å². The first-order valence-corrected chi connectivity index (χ1v) is 9.88. The van der Waals surface area contributed by atoms with Crippen molar-refractivity contribution in [2.75, 3.05) is 6.61 Å². The van der Waals surface area contributed by atoms with Gasteiger partial charge in [-0.05, 0) is 39.7 Å². The standard InChI is InChI=1S/C21H29F3N2O5/c1-5-30-18(28)15(11-12-21(22,23)24)25-17(27)16(13-14-9-7-6-8-10-14)26-19(29)31-20(2,3)4/h6-10,15-16H,5,11-13H2,1-4H3,(H,25,27)(H,26,29). The van der Waals surface area contributed by atoms with Crippen LogP contribution in [0.15, 0.2) is 30.3 Å². The van der Waals surface area contributed by atoms with Gasteiger partial charge in [0.05, 0.1) is 6.61 Å². The van der Waals surface area contributed by atoms with Gasteiger partial charge in [0.2, 0.25) is 5.91 Å². The lowest BCUT2D eigenvalue weighted by molar-refractivity contribution is -0.152. The number of alkyl carbamates (subject to hydrolysis) is 1. The summed E-state index contributed by atoms with van der Waals surface area (Å²) >= 11 is 0. The Morgan fingerprint density at radius 1 is 1.00 bits per heavy atom. The molecule has 0 fully saturated rings. The summed E-state index contributed by atoms with van der Waals surface area (Å²) in [5.41, 5.74) is -0.125. The second kappa shape index (κ2) is 11.6. The highest BCUT2D eigenvalue weighted by Crippen LogP contribution is 2.22. The van der Waals surface area contributed by atoms with E-state index in [0.717, 1.165) is 0 Å². The normalized spacial score (nSPS) is 13.6. The van der Waals surface area contributed by atoms with E-state index in [4.69, 9.17) is 9.47 Å². The average Bonchev–Trinajstić information content (AvgIpc) is 2.63. The van der Waals surface area contributed by atoms with Gasteiger partial charge < -0.3 is 20.1 Å². The number of carbonyl (C=O) groups excluding carboxylic acids is 3.